The summed E-state index contributed by atoms with van der Waals surface area (Å²) in [6, 6.07) is 18.4. The Kier molecular flexibility index (Phi) is 9.00. The normalized spacial score (nSPS) is 14.1. The number of nitrogens with zero attached hydrogens (tertiary/aromatic N) is 1. The number of oxazole rings is 1. The van der Waals surface area contributed by atoms with E-state index < -0.39 is 23.4 Å². The summed E-state index contributed by atoms with van der Waals surface area (Å²) in [4.78, 5) is 41.1. The monoisotopic (exact) mass is 555 g/mol. The first kappa shape index (κ1) is 29.0. The van der Waals surface area contributed by atoms with E-state index in [0.29, 0.717) is 23.1 Å². The van der Waals surface area contributed by atoms with Crippen LogP contribution in [0.5, 0.6) is 17.2 Å². The summed E-state index contributed by atoms with van der Waals surface area (Å²) in [6.45, 7) is 0.0489. The number of barbiturate groups is 1. The fourth-order valence-corrected chi connectivity index (χ4v) is 3.90. The fraction of sp³-hybridized carbons (Fsp3) is 0.143. The maximum absolute atomic E-state index is 13.2. The van der Waals surface area contributed by atoms with Crippen molar-refractivity contribution in [1.82, 2.24) is 15.6 Å². The Hall–Kier alpha value is -4.03. The van der Waals surface area contributed by atoms with E-state index in [1.165, 1.54) is 25.5 Å². The molecule has 1 fully saturated rings. The number of hydrogen-bond acceptors (Lipinski definition) is 8. The summed E-state index contributed by atoms with van der Waals surface area (Å²) < 4.78 is 35.4. The minimum atomic E-state index is -1.96. The van der Waals surface area contributed by atoms with Crippen molar-refractivity contribution in [2.75, 3.05) is 13.7 Å². The van der Waals surface area contributed by atoms with Crippen molar-refractivity contribution >= 4 is 47.4 Å². The molecule has 0 unspecified atom stereocenters. The van der Waals surface area contributed by atoms with Crippen molar-refractivity contribution in [3.8, 4) is 40.0 Å². The number of carbonyl (C=O) groups excluding carboxylic acids is 3. The molecule has 5 rings (SSSR count). The van der Waals surface area contributed by atoms with Crippen LogP contribution in [0, 0.1) is 5.82 Å². The maximum atomic E-state index is 13.2. The molecule has 2 N–H and O–H groups in total. The van der Waals surface area contributed by atoms with Crippen molar-refractivity contribution in [2.45, 2.75) is 12.0 Å². The summed E-state index contributed by atoms with van der Waals surface area (Å²) in [6.07, 6.45) is 1.41. The first-order valence-corrected chi connectivity index (χ1v) is 11.8. The molecule has 4 amide bonds. The van der Waals surface area contributed by atoms with Crippen LogP contribution in [0.3, 0.4) is 0 Å². The van der Waals surface area contributed by atoms with Crippen molar-refractivity contribution < 1.29 is 37.4 Å². The first-order valence-electron chi connectivity index (χ1n) is 11.8. The Labute approximate surface area is 250 Å². The third-order valence-electron chi connectivity index (χ3n) is 5.94. The zero-order valence-electron chi connectivity index (χ0n) is 20.6. The molecule has 40 heavy (non-hydrogen) atoms. The average molecular weight is 555 g/mol. The number of amides is 4. The van der Waals surface area contributed by atoms with Crippen LogP contribution in [-0.4, -0.2) is 71.7 Å². The first-order chi connectivity index (χ1) is 18.9. The van der Waals surface area contributed by atoms with Gasteiger partial charge in [-0.05, 0) is 72.8 Å². The third kappa shape index (κ3) is 6.23. The Morgan fingerprint density at radius 2 is 1.38 bits per heavy atom. The van der Waals surface area contributed by atoms with Crippen molar-refractivity contribution in [3.63, 3.8) is 0 Å². The van der Waals surface area contributed by atoms with Crippen LogP contribution < -0.4 is 20.1 Å². The molecule has 1 aliphatic heterocycles. The van der Waals surface area contributed by atoms with Crippen LogP contribution in [0.25, 0.3) is 22.7 Å². The number of nitrogens with one attached hydrogen (secondary N) is 2. The predicted molar refractivity (Wildman–Crippen MR) is 143 cm³/mol. The van der Waals surface area contributed by atoms with Gasteiger partial charge in [0.1, 0.15) is 35.0 Å². The van der Waals surface area contributed by atoms with E-state index in [2.05, 4.69) is 15.6 Å². The third-order valence-corrected chi connectivity index (χ3v) is 5.94. The Balaban J connectivity index is 0.00000370. The van der Waals surface area contributed by atoms with E-state index >= 15 is 0 Å². The van der Waals surface area contributed by atoms with Crippen molar-refractivity contribution in [1.29, 1.82) is 0 Å². The average Bonchev–Trinajstić information content (AvgIpc) is 3.42. The molecule has 10 nitrogen and oxygen atoms in total. The van der Waals surface area contributed by atoms with E-state index in [-0.39, 0.29) is 54.2 Å². The van der Waals surface area contributed by atoms with Gasteiger partial charge in [0.2, 0.25) is 5.89 Å². The number of carbonyl (C=O) groups is 3. The molecule has 2 heterocycles. The molecule has 0 atom stereocenters. The molecule has 4 aromatic rings. The summed E-state index contributed by atoms with van der Waals surface area (Å²) in [5.74, 6) is -0.430. The van der Waals surface area contributed by atoms with Gasteiger partial charge in [0.15, 0.2) is 0 Å². The predicted octanol–water partition coefficient (Wildman–Crippen LogP) is 3.81. The number of imide groups is 2. The second kappa shape index (κ2) is 12.4. The van der Waals surface area contributed by atoms with E-state index in [1.807, 2.05) is 0 Å². The van der Waals surface area contributed by atoms with Gasteiger partial charge in [-0.25, -0.2) is 14.2 Å². The number of hydrogen-bond donors (Lipinski definition) is 2. The zero-order chi connectivity index (χ0) is 27.4. The summed E-state index contributed by atoms with van der Waals surface area (Å²) in [5, 5.41) is 4.12. The Morgan fingerprint density at radius 3 is 1.98 bits per heavy atom. The van der Waals surface area contributed by atoms with Crippen LogP contribution in [0.2, 0.25) is 0 Å². The van der Waals surface area contributed by atoms with Crippen LogP contribution >= 0.6 is 0 Å². The number of halogens is 1. The van der Waals surface area contributed by atoms with Gasteiger partial charge >= 0.3 is 35.6 Å². The standard InChI is InChI=1S/C28H22FN3O7.Na.H/c1-36-15-14-28(25(33)31-27(35)32-26(28)34)39-22-12-10-21(11-13-22)38-20-8-4-18(5-9-20)24-30-23(16-37-24)17-2-6-19(29)7-3-17;;/h2-13,16H,14-15H2,1H3,(H2,31,32,33,34,35);;. The molecule has 1 saturated heterocycles. The molecule has 200 valence electrons. The topological polar surface area (TPSA) is 129 Å². The minimum absolute atomic E-state index is 0. The van der Waals surface area contributed by atoms with E-state index in [4.69, 9.17) is 18.6 Å². The zero-order valence-corrected chi connectivity index (χ0v) is 20.6. The van der Waals surface area contributed by atoms with Crippen LogP contribution in [0.15, 0.2) is 83.5 Å². The Morgan fingerprint density at radius 1 is 0.825 bits per heavy atom. The molecule has 3 aromatic carbocycles. The number of ether oxygens (including phenoxy) is 3. The number of aromatic nitrogens is 1. The fourth-order valence-electron chi connectivity index (χ4n) is 3.90. The van der Waals surface area contributed by atoms with Gasteiger partial charge in [-0.3, -0.25) is 20.2 Å². The van der Waals surface area contributed by atoms with Crippen molar-refractivity contribution in [2.24, 2.45) is 0 Å². The summed E-state index contributed by atoms with van der Waals surface area (Å²) in [7, 11) is 1.42. The quantitative estimate of drug-likeness (QED) is 0.236. The van der Waals surface area contributed by atoms with Gasteiger partial charge in [-0.2, -0.15) is 0 Å². The van der Waals surface area contributed by atoms with Gasteiger partial charge in [-0.1, -0.05) is 0 Å². The van der Waals surface area contributed by atoms with Gasteiger partial charge in [0, 0.05) is 24.7 Å². The van der Waals surface area contributed by atoms with Gasteiger partial charge in [0.25, 0.3) is 17.4 Å². The molecule has 1 aliphatic rings. The van der Waals surface area contributed by atoms with Crippen molar-refractivity contribution in [3.05, 3.63) is 84.9 Å². The molecule has 0 bridgehead atoms. The molecule has 12 heteroatoms. The second-order valence-corrected chi connectivity index (χ2v) is 8.55. The molecule has 1 aromatic heterocycles. The number of urea groups is 1. The SMILES string of the molecule is COCCC1(Oc2ccc(Oc3ccc(-c4nc(-c5ccc(F)cc5)co4)cc3)cc2)C(=O)NC(=O)NC1=O.[NaH]. The Bertz CT molecular complexity index is 1490. The molecule has 0 spiro atoms. The molecular formula is C28H23FN3NaO7. The van der Waals surface area contributed by atoms with Gasteiger partial charge in [-0.15, -0.1) is 0 Å². The van der Waals surface area contributed by atoms with Crippen LogP contribution in [-0.2, 0) is 14.3 Å². The molecular weight excluding hydrogens is 532 g/mol. The van der Waals surface area contributed by atoms with Crippen LogP contribution in [0.4, 0.5) is 9.18 Å². The number of rotatable bonds is 9. The molecule has 0 radical (unpaired) electrons. The summed E-state index contributed by atoms with van der Waals surface area (Å²) in [5.41, 5.74) is 0.0925. The van der Waals surface area contributed by atoms with E-state index in [0.717, 1.165) is 11.1 Å². The molecule has 0 aliphatic carbocycles. The summed E-state index contributed by atoms with van der Waals surface area (Å²) >= 11 is 0. The van der Waals surface area contributed by atoms with Gasteiger partial charge in [0.05, 0.1) is 6.61 Å². The van der Waals surface area contributed by atoms with E-state index in [1.54, 1.807) is 60.7 Å². The molecule has 0 saturated carbocycles. The van der Waals surface area contributed by atoms with Crippen LogP contribution in [0.1, 0.15) is 6.42 Å². The number of methoxy groups -OCH3 is 1. The van der Waals surface area contributed by atoms with E-state index in [9.17, 15) is 18.8 Å². The second-order valence-electron chi connectivity index (χ2n) is 8.55. The number of benzene rings is 3. The van der Waals surface area contributed by atoms with Gasteiger partial charge < -0.3 is 18.6 Å².